The summed E-state index contributed by atoms with van der Waals surface area (Å²) in [5, 5.41) is 6.65. The van der Waals surface area contributed by atoms with Crippen LogP contribution in [0.1, 0.15) is 10.5 Å². The van der Waals surface area contributed by atoms with Gasteiger partial charge in [0.05, 0.1) is 5.52 Å². The van der Waals surface area contributed by atoms with E-state index in [9.17, 15) is 4.79 Å². The Morgan fingerprint density at radius 1 is 1.28 bits per heavy atom. The van der Waals surface area contributed by atoms with Crippen molar-refractivity contribution in [1.82, 2.24) is 14.6 Å². The quantitative estimate of drug-likeness (QED) is 0.758. The smallest absolute Gasteiger partial charge is 0.268 e. The zero-order valence-corrected chi connectivity index (χ0v) is 10.0. The van der Waals surface area contributed by atoms with Crippen LogP contribution >= 0.6 is 11.5 Å². The summed E-state index contributed by atoms with van der Waals surface area (Å²) in [4.78, 5) is 15.8. The zero-order valence-electron chi connectivity index (χ0n) is 9.20. The molecule has 0 aliphatic rings. The van der Waals surface area contributed by atoms with Gasteiger partial charge in [-0.15, -0.1) is 5.10 Å². The van der Waals surface area contributed by atoms with E-state index in [4.69, 9.17) is 5.73 Å². The van der Waals surface area contributed by atoms with Crippen molar-refractivity contribution in [3.63, 3.8) is 0 Å². The Kier molecular flexibility index (Phi) is 2.49. The number of carbonyl (C=O) groups excluding carboxylic acids is 1. The van der Waals surface area contributed by atoms with Crippen LogP contribution in [0.15, 0.2) is 35.7 Å². The number of pyridine rings is 1. The molecule has 2 aromatic heterocycles. The minimum atomic E-state index is -0.566. The molecule has 0 radical (unpaired) electrons. The van der Waals surface area contributed by atoms with Crippen LogP contribution in [0.4, 0.5) is 0 Å². The van der Waals surface area contributed by atoms with Gasteiger partial charge in [-0.05, 0) is 23.7 Å². The van der Waals surface area contributed by atoms with Gasteiger partial charge in [-0.3, -0.25) is 4.79 Å². The maximum atomic E-state index is 11.5. The fourth-order valence-corrected chi connectivity index (χ4v) is 2.24. The number of primary amides is 1. The van der Waals surface area contributed by atoms with Gasteiger partial charge in [0, 0.05) is 16.3 Å². The molecule has 0 saturated heterocycles. The van der Waals surface area contributed by atoms with Crippen LogP contribution < -0.4 is 5.73 Å². The highest BCUT2D eigenvalue weighted by Gasteiger charge is 2.15. The number of rotatable bonds is 2. The lowest BCUT2D eigenvalue weighted by atomic mass is 10.1. The fraction of sp³-hybridized carbons (Fsp3) is 0. The van der Waals surface area contributed by atoms with Crippen molar-refractivity contribution in [1.29, 1.82) is 0 Å². The van der Waals surface area contributed by atoms with Crippen molar-refractivity contribution in [3.05, 3.63) is 41.4 Å². The molecule has 3 aromatic rings. The topological polar surface area (TPSA) is 81.8 Å². The largest absolute Gasteiger partial charge is 0.364 e. The molecule has 2 N–H and O–H groups in total. The molecule has 0 unspecified atom stereocenters. The Morgan fingerprint density at radius 2 is 2.11 bits per heavy atom. The average Bonchev–Trinajstić information content (AvgIpc) is 2.91. The molecule has 0 bridgehead atoms. The molecule has 2 heterocycles. The van der Waals surface area contributed by atoms with Gasteiger partial charge < -0.3 is 5.73 Å². The zero-order chi connectivity index (χ0) is 12.5. The predicted octanol–water partition coefficient (Wildman–Crippen LogP) is 1.85. The molecule has 0 spiro atoms. The van der Waals surface area contributed by atoms with E-state index in [0.717, 1.165) is 10.9 Å². The fourth-order valence-electron chi connectivity index (χ4n) is 1.78. The third kappa shape index (κ3) is 1.72. The highest BCUT2D eigenvalue weighted by atomic mass is 32.1. The molecule has 3 rings (SSSR count). The molecule has 18 heavy (non-hydrogen) atoms. The number of amides is 1. The summed E-state index contributed by atoms with van der Waals surface area (Å²) in [5.41, 5.74) is 7.56. The first-order valence-electron chi connectivity index (χ1n) is 5.23. The number of hydrogen-bond donors (Lipinski definition) is 1. The molecule has 6 heteroatoms. The van der Waals surface area contributed by atoms with Crippen molar-refractivity contribution in [2.75, 3.05) is 0 Å². The lowest BCUT2D eigenvalue weighted by Gasteiger charge is -2.05. The van der Waals surface area contributed by atoms with Crippen LogP contribution in [0, 0.1) is 0 Å². The van der Waals surface area contributed by atoms with Gasteiger partial charge in [0.15, 0.2) is 0 Å². The van der Waals surface area contributed by atoms with Gasteiger partial charge in [-0.25, -0.2) is 4.98 Å². The lowest BCUT2D eigenvalue weighted by molar-refractivity contribution is 0.0996. The van der Waals surface area contributed by atoms with Crippen LogP contribution in [0.25, 0.3) is 22.2 Å². The molecular formula is C12H8N4OS. The van der Waals surface area contributed by atoms with Crippen molar-refractivity contribution in [3.8, 4) is 11.3 Å². The number of nitrogens with zero attached hydrogens (tertiary/aromatic N) is 3. The number of carbonyl (C=O) groups is 1. The Bertz CT molecular complexity index is 724. The van der Waals surface area contributed by atoms with Crippen molar-refractivity contribution >= 4 is 28.3 Å². The highest BCUT2D eigenvalue weighted by molar-refractivity contribution is 7.03. The molecule has 0 aliphatic carbocycles. The molecular weight excluding hydrogens is 248 g/mol. The minimum Gasteiger partial charge on any atom is -0.364 e. The van der Waals surface area contributed by atoms with E-state index in [0.29, 0.717) is 11.3 Å². The van der Waals surface area contributed by atoms with Crippen LogP contribution in [0.2, 0.25) is 0 Å². The van der Waals surface area contributed by atoms with Gasteiger partial charge in [0.2, 0.25) is 0 Å². The van der Waals surface area contributed by atoms with E-state index in [1.54, 1.807) is 5.38 Å². The Labute approximate surface area is 106 Å². The molecule has 1 aromatic carbocycles. The summed E-state index contributed by atoms with van der Waals surface area (Å²) in [6.45, 7) is 0. The second-order valence-corrected chi connectivity index (χ2v) is 4.34. The van der Waals surface area contributed by atoms with Gasteiger partial charge >= 0.3 is 0 Å². The van der Waals surface area contributed by atoms with Gasteiger partial charge in [0.25, 0.3) is 5.91 Å². The van der Waals surface area contributed by atoms with Crippen molar-refractivity contribution in [2.45, 2.75) is 0 Å². The summed E-state index contributed by atoms with van der Waals surface area (Å²) in [6.07, 6.45) is 0. The van der Waals surface area contributed by atoms with E-state index >= 15 is 0 Å². The maximum absolute atomic E-state index is 11.5. The highest BCUT2D eigenvalue weighted by Crippen LogP contribution is 2.25. The molecule has 0 aliphatic heterocycles. The van der Waals surface area contributed by atoms with Crippen molar-refractivity contribution < 1.29 is 4.79 Å². The monoisotopic (exact) mass is 256 g/mol. The number of fused-ring (bicyclic) bond motifs is 1. The molecule has 88 valence electrons. The summed E-state index contributed by atoms with van der Waals surface area (Å²) in [7, 11) is 0. The number of benzene rings is 1. The summed E-state index contributed by atoms with van der Waals surface area (Å²) in [5.74, 6) is -0.566. The minimum absolute atomic E-state index is 0.224. The second kappa shape index (κ2) is 4.15. The van der Waals surface area contributed by atoms with Gasteiger partial charge in [0.1, 0.15) is 11.4 Å². The molecule has 0 atom stereocenters. The maximum Gasteiger partial charge on any atom is 0.268 e. The van der Waals surface area contributed by atoms with Crippen LogP contribution in [-0.4, -0.2) is 20.5 Å². The molecule has 5 nitrogen and oxygen atoms in total. The lowest BCUT2D eigenvalue weighted by Crippen LogP contribution is -2.14. The Balaban J connectivity index is 2.34. The van der Waals surface area contributed by atoms with Gasteiger partial charge in [-0.2, -0.15) is 0 Å². The van der Waals surface area contributed by atoms with Crippen LogP contribution in [0.3, 0.4) is 0 Å². The number of para-hydroxylation sites is 1. The van der Waals surface area contributed by atoms with E-state index in [-0.39, 0.29) is 5.69 Å². The third-order valence-corrected chi connectivity index (χ3v) is 3.10. The van der Waals surface area contributed by atoms with E-state index in [1.807, 2.05) is 30.3 Å². The first-order valence-corrected chi connectivity index (χ1v) is 6.06. The Morgan fingerprint density at radius 3 is 2.83 bits per heavy atom. The standard InChI is InChI=1S/C12H8N4OS/c13-12(17)11-8(10-6-18-16-15-10)5-7-3-1-2-4-9(7)14-11/h1-6H,(H2,13,17). The Hall–Kier alpha value is -2.34. The first-order chi connectivity index (χ1) is 8.75. The third-order valence-electron chi connectivity index (χ3n) is 2.59. The van der Waals surface area contributed by atoms with E-state index < -0.39 is 5.91 Å². The number of aromatic nitrogens is 3. The normalized spacial score (nSPS) is 10.7. The van der Waals surface area contributed by atoms with Crippen molar-refractivity contribution in [2.24, 2.45) is 5.73 Å². The summed E-state index contributed by atoms with van der Waals surface area (Å²) in [6, 6.07) is 9.40. The van der Waals surface area contributed by atoms with Gasteiger partial charge in [-0.1, -0.05) is 22.7 Å². The predicted molar refractivity (Wildman–Crippen MR) is 69.2 cm³/mol. The first kappa shape index (κ1) is 10.8. The number of nitrogens with two attached hydrogens (primary N) is 1. The van der Waals surface area contributed by atoms with E-state index in [2.05, 4.69) is 14.6 Å². The molecule has 0 saturated carbocycles. The summed E-state index contributed by atoms with van der Waals surface area (Å²) >= 11 is 1.22. The number of hydrogen-bond acceptors (Lipinski definition) is 5. The molecule has 1 amide bonds. The van der Waals surface area contributed by atoms with E-state index in [1.165, 1.54) is 11.5 Å². The molecule has 0 fully saturated rings. The summed E-state index contributed by atoms with van der Waals surface area (Å²) < 4.78 is 3.79. The average molecular weight is 256 g/mol. The second-order valence-electron chi connectivity index (χ2n) is 3.73. The van der Waals surface area contributed by atoms with Crippen LogP contribution in [-0.2, 0) is 0 Å². The SMILES string of the molecule is NC(=O)c1nc2ccccc2cc1-c1csnn1. The van der Waals surface area contributed by atoms with Crippen LogP contribution in [0.5, 0.6) is 0 Å².